The number of carboxylic acids is 1. The number of carbonyl (C=O) groups excluding carboxylic acids is 1. The number of nitrogens with one attached hydrogen (secondary N) is 1. The largest absolute Gasteiger partial charge is 0.480 e. The SMILES string of the molecule is CC[C@@H](Br)C(=O)NCC(=O)O. The Bertz CT molecular complexity index is 160. The maximum absolute atomic E-state index is 10.9. The van der Waals surface area contributed by atoms with Crippen LogP contribution in [0.5, 0.6) is 0 Å². The molecule has 1 amide bonds. The number of carbonyl (C=O) groups is 2. The molecule has 1 atom stereocenters. The highest BCUT2D eigenvalue weighted by molar-refractivity contribution is 9.10. The lowest BCUT2D eigenvalue weighted by atomic mass is 10.3. The molecular weight excluding hydrogens is 214 g/mol. The molecule has 4 nitrogen and oxygen atoms in total. The summed E-state index contributed by atoms with van der Waals surface area (Å²) in [5, 5.41) is 10.4. The van der Waals surface area contributed by atoms with E-state index in [1.54, 1.807) is 0 Å². The van der Waals surface area contributed by atoms with E-state index >= 15 is 0 Å². The van der Waals surface area contributed by atoms with E-state index < -0.39 is 5.97 Å². The van der Waals surface area contributed by atoms with Crippen LogP contribution in [0.25, 0.3) is 0 Å². The molecule has 11 heavy (non-hydrogen) atoms. The van der Waals surface area contributed by atoms with E-state index in [0.717, 1.165) is 0 Å². The van der Waals surface area contributed by atoms with Crippen molar-refractivity contribution < 1.29 is 14.7 Å². The van der Waals surface area contributed by atoms with Crippen molar-refractivity contribution in [3.8, 4) is 0 Å². The van der Waals surface area contributed by atoms with Crippen molar-refractivity contribution in [2.45, 2.75) is 18.2 Å². The van der Waals surface area contributed by atoms with Gasteiger partial charge in [0, 0.05) is 0 Å². The van der Waals surface area contributed by atoms with Gasteiger partial charge in [-0.2, -0.15) is 0 Å². The summed E-state index contributed by atoms with van der Waals surface area (Å²) in [6.07, 6.45) is 0.644. The van der Waals surface area contributed by atoms with E-state index in [-0.39, 0.29) is 17.3 Å². The molecule has 0 rings (SSSR count). The Balaban J connectivity index is 3.60. The molecule has 0 spiro atoms. The van der Waals surface area contributed by atoms with Crippen molar-refractivity contribution in [1.29, 1.82) is 0 Å². The predicted molar refractivity (Wildman–Crippen MR) is 43.7 cm³/mol. The molecular formula is C6H10BrNO3. The third-order valence-electron chi connectivity index (χ3n) is 1.06. The number of amides is 1. The van der Waals surface area contributed by atoms with Gasteiger partial charge in [-0.1, -0.05) is 22.9 Å². The van der Waals surface area contributed by atoms with Crippen LogP contribution in [0.2, 0.25) is 0 Å². The first-order valence-electron chi connectivity index (χ1n) is 3.21. The first-order chi connectivity index (χ1) is 5.07. The average molecular weight is 224 g/mol. The van der Waals surface area contributed by atoms with Gasteiger partial charge < -0.3 is 10.4 Å². The van der Waals surface area contributed by atoms with E-state index in [1.807, 2.05) is 6.92 Å². The predicted octanol–water partition coefficient (Wildman–Crippen LogP) is 0.361. The second-order valence-corrected chi connectivity index (χ2v) is 3.09. The molecule has 0 aliphatic heterocycles. The van der Waals surface area contributed by atoms with Crippen molar-refractivity contribution in [2.24, 2.45) is 0 Å². The molecule has 0 unspecified atom stereocenters. The van der Waals surface area contributed by atoms with Crippen LogP contribution in [0.1, 0.15) is 13.3 Å². The molecule has 0 heterocycles. The normalized spacial score (nSPS) is 12.2. The molecule has 0 fully saturated rings. The molecule has 0 aromatic carbocycles. The summed E-state index contributed by atoms with van der Waals surface area (Å²) in [7, 11) is 0. The van der Waals surface area contributed by atoms with Gasteiger partial charge in [0.05, 0.1) is 4.83 Å². The molecule has 5 heteroatoms. The smallest absolute Gasteiger partial charge is 0.322 e. The molecule has 0 aliphatic rings. The van der Waals surface area contributed by atoms with Gasteiger partial charge in [0.1, 0.15) is 6.54 Å². The molecule has 0 radical (unpaired) electrons. The maximum Gasteiger partial charge on any atom is 0.322 e. The third-order valence-corrected chi connectivity index (χ3v) is 2.12. The van der Waals surface area contributed by atoms with Crippen LogP contribution in [0.3, 0.4) is 0 Å². The summed E-state index contributed by atoms with van der Waals surface area (Å²) in [4.78, 5) is 20.6. The van der Waals surface area contributed by atoms with Crippen molar-refractivity contribution in [2.75, 3.05) is 6.54 Å². The number of hydrogen-bond donors (Lipinski definition) is 2. The summed E-state index contributed by atoms with van der Waals surface area (Å²) < 4.78 is 0. The number of aliphatic carboxylic acids is 1. The standard InChI is InChI=1S/C6H10BrNO3/c1-2-4(7)6(11)8-3-5(9)10/h4H,2-3H2,1H3,(H,8,11)(H,9,10)/t4-/m1/s1. The van der Waals surface area contributed by atoms with E-state index in [4.69, 9.17) is 5.11 Å². The summed E-state index contributed by atoms with van der Waals surface area (Å²) in [6.45, 7) is 1.51. The van der Waals surface area contributed by atoms with E-state index in [9.17, 15) is 9.59 Å². The van der Waals surface area contributed by atoms with E-state index in [0.29, 0.717) is 6.42 Å². The molecule has 2 N–H and O–H groups in total. The van der Waals surface area contributed by atoms with Gasteiger partial charge in [0.25, 0.3) is 0 Å². The molecule has 0 saturated carbocycles. The first-order valence-corrected chi connectivity index (χ1v) is 4.13. The number of carboxylic acid groups (broad SMARTS) is 1. The minimum atomic E-state index is -1.03. The quantitative estimate of drug-likeness (QED) is 0.677. The van der Waals surface area contributed by atoms with Crippen LogP contribution in [0.15, 0.2) is 0 Å². The highest BCUT2D eigenvalue weighted by Gasteiger charge is 2.11. The fourth-order valence-electron chi connectivity index (χ4n) is 0.459. The fraction of sp³-hybridized carbons (Fsp3) is 0.667. The van der Waals surface area contributed by atoms with Crippen molar-refractivity contribution in [3.05, 3.63) is 0 Å². The number of rotatable bonds is 4. The van der Waals surface area contributed by atoms with Crippen LogP contribution in [0, 0.1) is 0 Å². The maximum atomic E-state index is 10.9. The van der Waals surface area contributed by atoms with Gasteiger partial charge in [0.2, 0.25) is 5.91 Å². The molecule has 0 aliphatic carbocycles. The minimum absolute atomic E-state index is 0.282. The zero-order valence-electron chi connectivity index (χ0n) is 6.13. The molecule has 0 aromatic heterocycles. The number of hydrogen-bond acceptors (Lipinski definition) is 2. The lowest BCUT2D eigenvalue weighted by Gasteiger charge is -2.05. The topological polar surface area (TPSA) is 66.4 Å². The zero-order valence-corrected chi connectivity index (χ0v) is 7.72. The van der Waals surface area contributed by atoms with Gasteiger partial charge in [-0.3, -0.25) is 9.59 Å². The van der Waals surface area contributed by atoms with Crippen LogP contribution >= 0.6 is 15.9 Å². The molecule has 0 saturated heterocycles. The van der Waals surface area contributed by atoms with Gasteiger partial charge in [0.15, 0.2) is 0 Å². The van der Waals surface area contributed by atoms with Crippen LogP contribution in [-0.2, 0) is 9.59 Å². The summed E-state index contributed by atoms with van der Waals surface area (Å²) in [5.74, 6) is -1.32. The Morgan fingerprint density at radius 3 is 2.55 bits per heavy atom. The third kappa shape index (κ3) is 4.78. The van der Waals surface area contributed by atoms with Crippen LogP contribution in [0.4, 0.5) is 0 Å². The average Bonchev–Trinajstić information content (AvgIpc) is 1.98. The fourth-order valence-corrected chi connectivity index (χ4v) is 0.621. The lowest BCUT2D eigenvalue weighted by molar-refractivity contribution is -0.137. The van der Waals surface area contributed by atoms with Gasteiger partial charge in [-0.25, -0.2) is 0 Å². The van der Waals surface area contributed by atoms with Crippen molar-refractivity contribution >= 4 is 27.8 Å². The second kappa shape index (κ2) is 5.12. The van der Waals surface area contributed by atoms with Crippen molar-refractivity contribution in [3.63, 3.8) is 0 Å². The highest BCUT2D eigenvalue weighted by atomic mass is 79.9. The van der Waals surface area contributed by atoms with E-state index in [2.05, 4.69) is 21.2 Å². The molecule has 0 aromatic rings. The Morgan fingerprint density at radius 2 is 2.18 bits per heavy atom. The van der Waals surface area contributed by atoms with E-state index in [1.165, 1.54) is 0 Å². The first kappa shape index (κ1) is 10.4. The van der Waals surface area contributed by atoms with Crippen molar-refractivity contribution in [1.82, 2.24) is 5.32 Å². The minimum Gasteiger partial charge on any atom is -0.480 e. The summed E-state index contributed by atoms with van der Waals surface area (Å²) >= 11 is 3.09. The Morgan fingerprint density at radius 1 is 1.64 bits per heavy atom. The Kier molecular flexibility index (Phi) is 4.85. The van der Waals surface area contributed by atoms with Gasteiger partial charge >= 0.3 is 5.97 Å². The molecule has 0 bridgehead atoms. The summed E-state index contributed by atoms with van der Waals surface area (Å²) in [6, 6.07) is 0. The highest BCUT2D eigenvalue weighted by Crippen LogP contribution is 2.02. The van der Waals surface area contributed by atoms with Gasteiger partial charge in [-0.15, -0.1) is 0 Å². The second-order valence-electron chi connectivity index (χ2n) is 1.99. The summed E-state index contributed by atoms with van der Waals surface area (Å²) in [5.41, 5.74) is 0. The Hall–Kier alpha value is -0.580. The Labute approximate surface area is 73.1 Å². The molecule has 64 valence electrons. The number of halogens is 1. The lowest BCUT2D eigenvalue weighted by Crippen LogP contribution is -2.34. The van der Waals surface area contributed by atoms with Gasteiger partial charge in [-0.05, 0) is 6.42 Å². The number of alkyl halides is 1. The monoisotopic (exact) mass is 223 g/mol. The zero-order chi connectivity index (χ0) is 8.85. The van der Waals surface area contributed by atoms with Crippen LogP contribution < -0.4 is 5.32 Å². The van der Waals surface area contributed by atoms with Crippen LogP contribution in [-0.4, -0.2) is 28.4 Å².